The molecule has 1 atom stereocenters. The van der Waals surface area contributed by atoms with Crippen LogP contribution in [0.2, 0.25) is 0 Å². The second kappa shape index (κ2) is 6.93. The highest BCUT2D eigenvalue weighted by Gasteiger charge is 2.27. The standard InChI is InChI=1S/C22H27N5O/c1-14-17(12-23-26-14)21(28)25-19-6-5-7-20-18(19)13-24-27(20)16-10-8-15(9-11-16)22(2,3)4/h8-13,19H,5-7H2,1-4H3,(H,23,26)(H,25,28)/t19-/m1/s1. The third kappa shape index (κ3) is 3.35. The number of H-pyrrole nitrogens is 1. The molecular formula is C22H27N5O. The van der Waals surface area contributed by atoms with E-state index in [0.717, 1.165) is 36.2 Å². The number of hydrogen-bond donors (Lipinski definition) is 2. The summed E-state index contributed by atoms with van der Waals surface area (Å²) in [7, 11) is 0. The van der Waals surface area contributed by atoms with Crippen molar-refractivity contribution in [3.8, 4) is 5.69 Å². The number of fused-ring (bicyclic) bond motifs is 1. The van der Waals surface area contributed by atoms with Crippen molar-refractivity contribution in [2.24, 2.45) is 0 Å². The van der Waals surface area contributed by atoms with Gasteiger partial charge in [0.2, 0.25) is 0 Å². The van der Waals surface area contributed by atoms with Gasteiger partial charge >= 0.3 is 0 Å². The van der Waals surface area contributed by atoms with Crippen LogP contribution in [0.25, 0.3) is 5.69 Å². The average molecular weight is 377 g/mol. The Kier molecular flexibility index (Phi) is 4.57. The van der Waals surface area contributed by atoms with Crippen LogP contribution in [-0.2, 0) is 11.8 Å². The van der Waals surface area contributed by atoms with Crippen LogP contribution in [0, 0.1) is 6.92 Å². The zero-order valence-electron chi connectivity index (χ0n) is 16.9. The van der Waals surface area contributed by atoms with E-state index >= 15 is 0 Å². The molecule has 1 aliphatic carbocycles. The van der Waals surface area contributed by atoms with Crippen molar-refractivity contribution in [1.29, 1.82) is 0 Å². The van der Waals surface area contributed by atoms with Gasteiger partial charge in [0, 0.05) is 17.0 Å². The fourth-order valence-corrected chi connectivity index (χ4v) is 3.85. The Hall–Kier alpha value is -2.89. The summed E-state index contributed by atoms with van der Waals surface area (Å²) in [4.78, 5) is 12.6. The van der Waals surface area contributed by atoms with E-state index in [1.807, 2.05) is 17.8 Å². The van der Waals surface area contributed by atoms with Crippen molar-refractivity contribution in [2.45, 2.75) is 58.4 Å². The van der Waals surface area contributed by atoms with Gasteiger partial charge in [-0.25, -0.2) is 4.68 Å². The number of amides is 1. The van der Waals surface area contributed by atoms with Crippen molar-refractivity contribution in [1.82, 2.24) is 25.3 Å². The van der Waals surface area contributed by atoms with Gasteiger partial charge in [0.05, 0.1) is 29.7 Å². The summed E-state index contributed by atoms with van der Waals surface area (Å²) in [5, 5.41) is 14.6. The molecule has 2 aromatic heterocycles. The number of aromatic amines is 1. The van der Waals surface area contributed by atoms with Gasteiger partial charge in [-0.15, -0.1) is 0 Å². The zero-order valence-corrected chi connectivity index (χ0v) is 16.9. The van der Waals surface area contributed by atoms with E-state index in [1.54, 1.807) is 6.20 Å². The number of aryl methyl sites for hydroxylation is 1. The van der Waals surface area contributed by atoms with Gasteiger partial charge in [-0.05, 0) is 49.3 Å². The lowest BCUT2D eigenvalue weighted by molar-refractivity contribution is 0.0932. The molecule has 0 saturated heterocycles. The highest BCUT2D eigenvalue weighted by molar-refractivity contribution is 5.95. The molecule has 146 valence electrons. The third-order valence-electron chi connectivity index (χ3n) is 5.54. The van der Waals surface area contributed by atoms with Gasteiger partial charge < -0.3 is 5.32 Å². The summed E-state index contributed by atoms with van der Waals surface area (Å²) in [5.74, 6) is -0.0913. The van der Waals surface area contributed by atoms with E-state index in [2.05, 4.69) is 65.6 Å². The van der Waals surface area contributed by atoms with Crippen molar-refractivity contribution >= 4 is 5.91 Å². The smallest absolute Gasteiger partial charge is 0.255 e. The molecule has 0 saturated carbocycles. The molecule has 0 spiro atoms. The van der Waals surface area contributed by atoms with E-state index in [0.29, 0.717) is 5.56 Å². The number of rotatable bonds is 3. The molecule has 0 unspecified atom stereocenters. The van der Waals surface area contributed by atoms with E-state index in [4.69, 9.17) is 0 Å². The Morgan fingerprint density at radius 3 is 2.61 bits per heavy atom. The molecule has 2 N–H and O–H groups in total. The molecule has 1 amide bonds. The Bertz CT molecular complexity index is 991. The van der Waals surface area contributed by atoms with E-state index in [-0.39, 0.29) is 17.4 Å². The van der Waals surface area contributed by atoms with Crippen LogP contribution < -0.4 is 5.32 Å². The summed E-state index contributed by atoms with van der Waals surface area (Å²) in [6, 6.07) is 8.59. The predicted octanol–water partition coefficient (Wildman–Crippen LogP) is 4.01. The fraction of sp³-hybridized carbons (Fsp3) is 0.409. The van der Waals surface area contributed by atoms with Crippen molar-refractivity contribution in [3.63, 3.8) is 0 Å². The van der Waals surface area contributed by atoms with Gasteiger partial charge in [-0.1, -0.05) is 32.9 Å². The Balaban J connectivity index is 1.59. The first-order chi connectivity index (χ1) is 13.3. The molecule has 28 heavy (non-hydrogen) atoms. The molecule has 0 fully saturated rings. The largest absolute Gasteiger partial charge is 0.345 e. The monoisotopic (exact) mass is 377 g/mol. The predicted molar refractivity (Wildman–Crippen MR) is 109 cm³/mol. The van der Waals surface area contributed by atoms with Gasteiger partial charge in [-0.2, -0.15) is 10.2 Å². The molecule has 1 aromatic carbocycles. The third-order valence-corrected chi connectivity index (χ3v) is 5.54. The van der Waals surface area contributed by atoms with Crippen LogP contribution >= 0.6 is 0 Å². The lowest BCUT2D eigenvalue weighted by Crippen LogP contribution is -2.31. The number of carbonyl (C=O) groups is 1. The van der Waals surface area contributed by atoms with E-state index in [9.17, 15) is 4.79 Å². The summed E-state index contributed by atoms with van der Waals surface area (Å²) in [5.41, 5.74) is 6.16. The first-order valence-corrected chi connectivity index (χ1v) is 9.83. The second-order valence-electron chi connectivity index (χ2n) is 8.58. The minimum atomic E-state index is -0.0913. The normalized spacial score (nSPS) is 16.6. The summed E-state index contributed by atoms with van der Waals surface area (Å²) >= 11 is 0. The van der Waals surface area contributed by atoms with Crippen LogP contribution in [-0.4, -0.2) is 25.9 Å². The molecule has 2 heterocycles. The quantitative estimate of drug-likeness (QED) is 0.724. The number of nitrogens with zero attached hydrogens (tertiary/aromatic N) is 3. The van der Waals surface area contributed by atoms with Crippen LogP contribution in [0.15, 0.2) is 36.7 Å². The van der Waals surface area contributed by atoms with Crippen molar-refractivity contribution < 1.29 is 4.79 Å². The number of aromatic nitrogens is 4. The number of nitrogens with one attached hydrogen (secondary N) is 2. The Morgan fingerprint density at radius 2 is 1.96 bits per heavy atom. The molecule has 3 aromatic rings. The van der Waals surface area contributed by atoms with Crippen LogP contribution in [0.1, 0.15) is 72.5 Å². The minimum absolute atomic E-state index is 0.0202. The van der Waals surface area contributed by atoms with Gasteiger partial charge in [0.25, 0.3) is 5.91 Å². The molecule has 0 radical (unpaired) electrons. The lowest BCUT2D eigenvalue weighted by Gasteiger charge is -2.24. The molecule has 6 nitrogen and oxygen atoms in total. The van der Waals surface area contributed by atoms with Gasteiger partial charge in [-0.3, -0.25) is 9.89 Å². The molecule has 1 aliphatic rings. The number of carbonyl (C=O) groups excluding carboxylic acids is 1. The maximum absolute atomic E-state index is 12.6. The van der Waals surface area contributed by atoms with E-state index < -0.39 is 0 Å². The van der Waals surface area contributed by atoms with Crippen molar-refractivity contribution in [3.05, 3.63) is 64.7 Å². The van der Waals surface area contributed by atoms with Crippen LogP contribution in [0.4, 0.5) is 0 Å². The highest BCUT2D eigenvalue weighted by atomic mass is 16.1. The molecular weight excluding hydrogens is 350 g/mol. The Morgan fingerprint density at radius 1 is 1.21 bits per heavy atom. The first kappa shape index (κ1) is 18.5. The van der Waals surface area contributed by atoms with Crippen molar-refractivity contribution in [2.75, 3.05) is 0 Å². The zero-order chi connectivity index (χ0) is 19.9. The van der Waals surface area contributed by atoms with Crippen LogP contribution in [0.3, 0.4) is 0 Å². The number of benzene rings is 1. The van der Waals surface area contributed by atoms with Gasteiger partial charge in [0.15, 0.2) is 0 Å². The minimum Gasteiger partial charge on any atom is -0.345 e. The average Bonchev–Trinajstić information content (AvgIpc) is 3.28. The molecule has 0 bridgehead atoms. The van der Waals surface area contributed by atoms with Crippen LogP contribution in [0.5, 0.6) is 0 Å². The summed E-state index contributed by atoms with van der Waals surface area (Å²) in [6.07, 6.45) is 6.39. The lowest BCUT2D eigenvalue weighted by atomic mass is 9.87. The SMILES string of the molecule is Cc1[nH]ncc1C(=O)N[C@@H]1CCCc2c1cnn2-c1ccc(C(C)(C)C)cc1. The topological polar surface area (TPSA) is 75.6 Å². The molecule has 4 rings (SSSR count). The molecule has 0 aliphatic heterocycles. The molecule has 6 heteroatoms. The van der Waals surface area contributed by atoms with Gasteiger partial charge in [0.1, 0.15) is 0 Å². The Labute approximate surface area is 165 Å². The highest BCUT2D eigenvalue weighted by Crippen LogP contribution is 2.32. The van der Waals surface area contributed by atoms with E-state index in [1.165, 1.54) is 11.3 Å². The fourth-order valence-electron chi connectivity index (χ4n) is 3.85. The maximum Gasteiger partial charge on any atom is 0.255 e. The summed E-state index contributed by atoms with van der Waals surface area (Å²) in [6.45, 7) is 8.50. The first-order valence-electron chi connectivity index (χ1n) is 9.83. The maximum atomic E-state index is 12.6. The summed E-state index contributed by atoms with van der Waals surface area (Å²) < 4.78 is 2.02. The second-order valence-corrected chi connectivity index (χ2v) is 8.58. The number of hydrogen-bond acceptors (Lipinski definition) is 3.